The topological polar surface area (TPSA) is 226 Å². The maximum Gasteiger partial charge on any atom is 0.251 e. The van der Waals surface area contributed by atoms with E-state index in [0.29, 0.717) is 37.1 Å². The van der Waals surface area contributed by atoms with E-state index < -0.39 is 53.7 Å². The van der Waals surface area contributed by atoms with Gasteiger partial charge in [0.05, 0.1) is 6.61 Å². The molecule has 5 amide bonds. The predicted molar refractivity (Wildman–Crippen MR) is 221 cm³/mol. The van der Waals surface area contributed by atoms with Crippen molar-refractivity contribution in [2.75, 3.05) is 38.3 Å². The molecule has 4 aromatic rings. The molecular weight excluding hydrogens is 741 g/mol. The van der Waals surface area contributed by atoms with Gasteiger partial charge in [-0.2, -0.15) is 0 Å². The Balaban J connectivity index is 1.41. The van der Waals surface area contributed by atoms with Crippen molar-refractivity contribution in [1.29, 1.82) is 5.41 Å². The van der Waals surface area contributed by atoms with Crippen molar-refractivity contribution in [3.8, 4) is 0 Å². The molecule has 0 bridgehead atoms. The Bertz CT molecular complexity index is 1990. The second-order valence-corrected chi connectivity index (χ2v) is 13.9. The number of hydrogen-bond acceptors (Lipinski definition) is 8. The molecular formula is C43H52N8O7. The monoisotopic (exact) mass is 792 g/mol. The minimum atomic E-state index is -1.17. The quantitative estimate of drug-likeness (QED) is 0.0671. The molecule has 0 spiro atoms. The smallest absolute Gasteiger partial charge is 0.251 e. The summed E-state index contributed by atoms with van der Waals surface area (Å²) in [6.45, 7) is 0.858. The van der Waals surface area contributed by atoms with Crippen LogP contribution < -0.4 is 37.6 Å². The van der Waals surface area contributed by atoms with Crippen LogP contribution in [0.2, 0.25) is 0 Å². The van der Waals surface area contributed by atoms with Crippen molar-refractivity contribution < 1.29 is 33.4 Å². The Labute approximate surface area is 337 Å². The maximum absolute atomic E-state index is 14.2. The average molecular weight is 793 g/mol. The van der Waals surface area contributed by atoms with Crippen molar-refractivity contribution in [3.05, 3.63) is 114 Å². The van der Waals surface area contributed by atoms with E-state index >= 15 is 0 Å². The number of amides is 5. The maximum atomic E-state index is 14.2. The molecule has 0 unspecified atom stereocenters. The first-order valence-corrected chi connectivity index (χ1v) is 19.5. The van der Waals surface area contributed by atoms with Gasteiger partial charge in [-0.1, -0.05) is 84.9 Å². The number of benzene rings is 4. The summed E-state index contributed by atoms with van der Waals surface area (Å²) in [6, 6.07) is 26.1. The Morgan fingerprint density at radius 3 is 2.16 bits per heavy atom. The van der Waals surface area contributed by atoms with Crippen molar-refractivity contribution >= 4 is 52.0 Å². The number of nitrogens with two attached hydrogens (primary N) is 1. The number of ether oxygens (including phenoxy) is 2. The lowest BCUT2D eigenvalue weighted by molar-refractivity contribution is -0.134. The Morgan fingerprint density at radius 2 is 1.40 bits per heavy atom. The van der Waals surface area contributed by atoms with E-state index in [1.54, 1.807) is 36.4 Å². The zero-order chi connectivity index (χ0) is 41.1. The van der Waals surface area contributed by atoms with Gasteiger partial charge in [0.15, 0.2) is 5.96 Å². The van der Waals surface area contributed by atoms with Crippen LogP contribution in [0.4, 0.5) is 5.69 Å². The van der Waals surface area contributed by atoms with Gasteiger partial charge >= 0.3 is 0 Å². The average Bonchev–Trinajstić information content (AvgIpc) is 3.23. The minimum Gasteiger partial charge on any atom is -0.381 e. The third-order valence-corrected chi connectivity index (χ3v) is 9.53. The van der Waals surface area contributed by atoms with Gasteiger partial charge in [-0.3, -0.25) is 29.4 Å². The highest BCUT2D eigenvalue weighted by Gasteiger charge is 2.32. The first-order valence-electron chi connectivity index (χ1n) is 19.5. The van der Waals surface area contributed by atoms with Gasteiger partial charge in [0.25, 0.3) is 5.91 Å². The summed E-state index contributed by atoms with van der Waals surface area (Å²) >= 11 is 0. The van der Waals surface area contributed by atoms with Crippen molar-refractivity contribution in [1.82, 2.24) is 26.6 Å². The fraction of sp³-hybridized carbons (Fsp3) is 0.349. The van der Waals surface area contributed by atoms with Crippen LogP contribution in [0, 0.1) is 5.41 Å². The number of anilines is 1. The number of guanidine groups is 1. The second-order valence-electron chi connectivity index (χ2n) is 13.9. The lowest BCUT2D eigenvalue weighted by Gasteiger charge is -2.27. The van der Waals surface area contributed by atoms with Gasteiger partial charge in [0.2, 0.25) is 23.6 Å². The third kappa shape index (κ3) is 13.4. The van der Waals surface area contributed by atoms with E-state index in [4.69, 9.17) is 20.6 Å². The number of hydrogen-bond donors (Lipinski definition) is 8. The zero-order valence-corrected chi connectivity index (χ0v) is 32.3. The van der Waals surface area contributed by atoms with Crippen molar-refractivity contribution in [2.24, 2.45) is 5.73 Å². The molecule has 0 aliphatic carbocycles. The molecule has 58 heavy (non-hydrogen) atoms. The summed E-state index contributed by atoms with van der Waals surface area (Å²) in [4.78, 5) is 69.5. The summed E-state index contributed by atoms with van der Waals surface area (Å²) in [5, 5.41) is 26.1. The molecule has 1 saturated heterocycles. The van der Waals surface area contributed by atoms with E-state index in [1.807, 2.05) is 66.7 Å². The summed E-state index contributed by atoms with van der Waals surface area (Å²) in [6.07, 6.45) is 1.80. The molecule has 0 saturated carbocycles. The first kappa shape index (κ1) is 42.8. The molecule has 306 valence electrons. The number of rotatable bonds is 10. The SMILES string of the molecule is N=C(N)NCCC[C@@H]1NC(=O)[C@@H](Cc2ccccc2)NC(=O)[C@@H](NC(=O)c2ccccc2)CCOCCCCOC[C@@H](C(=O)Nc2cccc3ccccc23)NC1=O. The predicted octanol–water partition coefficient (Wildman–Crippen LogP) is 2.75. The van der Waals surface area contributed by atoms with Crippen LogP contribution in [0.5, 0.6) is 0 Å². The molecule has 0 aromatic heterocycles. The Morgan fingerprint density at radius 1 is 0.741 bits per heavy atom. The lowest BCUT2D eigenvalue weighted by atomic mass is 10.0. The van der Waals surface area contributed by atoms with Crippen LogP contribution in [0.15, 0.2) is 103 Å². The highest BCUT2D eigenvalue weighted by Crippen LogP contribution is 2.23. The van der Waals surface area contributed by atoms with E-state index in [2.05, 4.69) is 31.9 Å². The van der Waals surface area contributed by atoms with E-state index in [1.165, 1.54) is 0 Å². The molecule has 1 aliphatic rings. The van der Waals surface area contributed by atoms with E-state index in [-0.39, 0.29) is 51.6 Å². The summed E-state index contributed by atoms with van der Waals surface area (Å²) in [7, 11) is 0. The molecule has 15 nitrogen and oxygen atoms in total. The van der Waals surface area contributed by atoms with Gasteiger partial charge in [-0.05, 0) is 61.3 Å². The number of nitrogens with one attached hydrogen (secondary N) is 7. The van der Waals surface area contributed by atoms with Crippen molar-refractivity contribution in [2.45, 2.75) is 62.7 Å². The van der Waals surface area contributed by atoms with E-state index in [0.717, 1.165) is 16.3 Å². The molecule has 0 radical (unpaired) electrons. The van der Waals surface area contributed by atoms with Gasteiger partial charge in [-0.15, -0.1) is 0 Å². The van der Waals surface area contributed by atoms with Crippen LogP contribution >= 0.6 is 0 Å². The van der Waals surface area contributed by atoms with Crippen LogP contribution in [-0.4, -0.2) is 92.6 Å². The van der Waals surface area contributed by atoms with Crippen LogP contribution in [0.1, 0.15) is 48.0 Å². The highest BCUT2D eigenvalue weighted by molar-refractivity contribution is 6.05. The Hall–Kier alpha value is -6.32. The minimum absolute atomic E-state index is 0.0679. The summed E-state index contributed by atoms with van der Waals surface area (Å²) in [5.41, 5.74) is 7.14. The van der Waals surface area contributed by atoms with Gasteiger partial charge in [-0.25, -0.2) is 0 Å². The van der Waals surface area contributed by atoms with Gasteiger partial charge in [0.1, 0.15) is 24.2 Å². The molecule has 9 N–H and O–H groups in total. The zero-order valence-electron chi connectivity index (χ0n) is 32.3. The van der Waals surface area contributed by atoms with Crippen LogP contribution in [0.25, 0.3) is 10.8 Å². The number of fused-ring (bicyclic) bond motifs is 1. The van der Waals surface area contributed by atoms with Gasteiger partial charge < -0.3 is 47.1 Å². The Kier molecular flexibility index (Phi) is 16.6. The van der Waals surface area contributed by atoms with Gasteiger partial charge in [0, 0.05) is 49.4 Å². The highest BCUT2D eigenvalue weighted by atomic mass is 16.5. The van der Waals surface area contributed by atoms with E-state index in [9.17, 15) is 24.0 Å². The van der Waals surface area contributed by atoms with Crippen LogP contribution in [-0.2, 0) is 35.1 Å². The second kappa shape index (κ2) is 22.4. The molecule has 1 fully saturated rings. The third-order valence-electron chi connectivity index (χ3n) is 9.53. The molecule has 1 heterocycles. The molecule has 15 heteroatoms. The van der Waals surface area contributed by atoms with Crippen molar-refractivity contribution in [3.63, 3.8) is 0 Å². The number of carbonyl (C=O) groups excluding carboxylic acids is 5. The number of carbonyl (C=O) groups is 5. The first-order chi connectivity index (χ1) is 28.2. The molecule has 5 rings (SSSR count). The standard InChI is InChI=1S/C43H52N8O7/c44-43(45)46-23-12-21-34-39(53)51-37(42(56)47-33-20-11-18-30-15-7-8-19-32(30)33)28-58-25-10-9-24-57-26-22-35(48-38(52)31-16-5-2-6-17-31)40(54)50-36(41(55)49-34)27-29-13-3-1-4-14-29/h1-8,11,13-20,34-37H,9-10,12,21-28H2,(H,47,56)(H,48,52)(H,49,55)(H,50,54)(H,51,53)(H4,44,45,46)/t34-,35-,36+,37-/m0/s1. The normalized spacial score (nSPS) is 20.2. The summed E-state index contributed by atoms with van der Waals surface area (Å²) < 4.78 is 11.8. The summed E-state index contributed by atoms with van der Waals surface area (Å²) in [5.74, 6) is -3.14. The fourth-order valence-corrected chi connectivity index (χ4v) is 6.42. The molecule has 4 aromatic carbocycles. The fourth-order valence-electron chi connectivity index (χ4n) is 6.42. The lowest BCUT2D eigenvalue weighted by Crippen LogP contribution is -2.59. The molecule has 1 aliphatic heterocycles. The largest absolute Gasteiger partial charge is 0.381 e. The van der Waals surface area contributed by atoms with Crippen LogP contribution in [0.3, 0.4) is 0 Å². The molecule has 4 atom stereocenters.